The summed E-state index contributed by atoms with van der Waals surface area (Å²) < 4.78 is 30.1. The second-order valence-corrected chi connectivity index (χ2v) is 4.85. The lowest BCUT2D eigenvalue weighted by atomic mass is 10.1. The minimum Gasteiger partial charge on any atom is -0.350 e. The minimum absolute atomic E-state index is 0.0251. The first-order valence-corrected chi connectivity index (χ1v) is 6.62. The molecule has 2 aromatic carbocycles. The van der Waals surface area contributed by atoms with E-state index in [1.165, 1.54) is 6.07 Å². The lowest BCUT2D eigenvalue weighted by molar-refractivity contribution is 0.553. The predicted molar refractivity (Wildman–Crippen MR) is 79.7 cm³/mol. The van der Waals surface area contributed by atoms with Gasteiger partial charge in [0.1, 0.15) is 11.6 Å². The molecule has 2 N–H and O–H groups in total. The van der Waals surface area contributed by atoms with E-state index in [1.807, 2.05) is 30.3 Å². The van der Waals surface area contributed by atoms with Crippen LogP contribution in [0.1, 0.15) is 5.56 Å². The maximum atomic E-state index is 14.3. The number of hydrogen-bond acceptors (Lipinski definition) is 2. The van der Waals surface area contributed by atoms with Gasteiger partial charge in [0.15, 0.2) is 0 Å². The normalized spacial score (nSPS) is 11.0. The van der Waals surface area contributed by atoms with E-state index in [2.05, 4.69) is 10.9 Å². The molecule has 0 amide bonds. The lowest BCUT2D eigenvalue weighted by Gasteiger charge is -2.11. The molecule has 3 rings (SSSR count). The fourth-order valence-corrected chi connectivity index (χ4v) is 2.30. The van der Waals surface area contributed by atoms with Gasteiger partial charge in [-0.1, -0.05) is 18.2 Å². The van der Waals surface area contributed by atoms with Gasteiger partial charge in [0, 0.05) is 36.4 Å². The third-order valence-electron chi connectivity index (χ3n) is 3.45. The zero-order valence-corrected chi connectivity index (χ0v) is 11.5. The molecule has 0 radical (unpaired) electrons. The fourth-order valence-electron chi connectivity index (χ4n) is 2.30. The number of nitrogens with one attached hydrogen (secondary N) is 2. The van der Waals surface area contributed by atoms with Crippen molar-refractivity contribution in [2.75, 3.05) is 5.43 Å². The van der Waals surface area contributed by atoms with E-state index >= 15 is 0 Å². The summed E-state index contributed by atoms with van der Waals surface area (Å²) in [6.45, 7) is 0.0530. The van der Waals surface area contributed by atoms with Gasteiger partial charge in [0.25, 0.3) is 0 Å². The zero-order chi connectivity index (χ0) is 14.8. The highest BCUT2D eigenvalue weighted by molar-refractivity contribution is 5.81. The second kappa shape index (κ2) is 5.54. The third kappa shape index (κ3) is 2.60. The molecule has 0 saturated heterocycles. The van der Waals surface area contributed by atoms with Crippen LogP contribution < -0.4 is 10.9 Å². The molecule has 0 saturated carbocycles. The summed E-state index contributed by atoms with van der Waals surface area (Å²) >= 11 is 0. The van der Waals surface area contributed by atoms with Crippen LogP contribution in [0.15, 0.2) is 48.7 Å². The Labute approximate surface area is 121 Å². The smallest absolute Gasteiger partial charge is 0.140 e. The number of halogens is 2. The molecule has 0 bridgehead atoms. The fraction of sp³-hybridized carbons (Fsp3) is 0.125. The summed E-state index contributed by atoms with van der Waals surface area (Å²) in [6.07, 6.45) is 1.71. The Morgan fingerprint density at radius 2 is 1.86 bits per heavy atom. The number of aromatic nitrogens is 1. The van der Waals surface area contributed by atoms with Gasteiger partial charge >= 0.3 is 0 Å². The quantitative estimate of drug-likeness (QED) is 0.718. The Hall–Kier alpha value is -2.40. The molecule has 0 aliphatic rings. The van der Waals surface area contributed by atoms with Crippen LogP contribution >= 0.6 is 0 Å². The Bertz CT molecular complexity index is 766. The number of aryl methyl sites for hydroxylation is 1. The molecule has 0 aliphatic heterocycles. The topological polar surface area (TPSA) is 29.0 Å². The molecule has 0 aliphatic carbocycles. The average molecular weight is 287 g/mol. The van der Waals surface area contributed by atoms with E-state index in [1.54, 1.807) is 23.9 Å². The van der Waals surface area contributed by atoms with Crippen LogP contribution in [-0.2, 0) is 13.6 Å². The van der Waals surface area contributed by atoms with Crippen molar-refractivity contribution in [3.63, 3.8) is 0 Å². The Morgan fingerprint density at radius 3 is 2.62 bits per heavy atom. The zero-order valence-electron chi connectivity index (χ0n) is 11.5. The predicted octanol–water partition coefficient (Wildman–Crippen LogP) is 3.57. The first-order valence-electron chi connectivity index (χ1n) is 6.62. The molecular formula is C16H15F2N3. The minimum atomic E-state index is -0.552. The Morgan fingerprint density at radius 1 is 1.10 bits per heavy atom. The van der Waals surface area contributed by atoms with Gasteiger partial charge in [-0.3, -0.25) is 0 Å². The van der Waals surface area contributed by atoms with Crippen LogP contribution in [0.3, 0.4) is 0 Å². The SMILES string of the molecule is Cn1ccc2c(F)c(CNNc3ccccc3)c(F)cc21. The molecule has 0 unspecified atom stereocenters. The molecule has 108 valence electrons. The van der Waals surface area contributed by atoms with Gasteiger partial charge in [-0.05, 0) is 24.3 Å². The maximum absolute atomic E-state index is 14.3. The van der Waals surface area contributed by atoms with Gasteiger partial charge in [0.05, 0.1) is 5.52 Å². The molecule has 3 aromatic rings. The molecular weight excluding hydrogens is 272 g/mol. The van der Waals surface area contributed by atoms with Crippen LogP contribution in [0.2, 0.25) is 0 Å². The van der Waals surface area contributed by atoms with E-state index in [-0.39, 0.29) is 12.1 Å². The van der Waals surface area contributed by atoms with Crippen molar-refractivity contribution in [2.24, 2.45) is 7.05 Å². The highest BCUT2D eigenvalue weighted by atomic mass is 19.1. The number of benzene rings is 2. The Kier molecular flexibility index (Phi) is 3.58. The molecule has 0 atom stereocenters. The van der Waals surface area contributed by atoms with Crippen molar-refractivity contribution in [1.29, 1.82) is 0 Å². The van der Waals surface area contributed by atoms with Crippen molar-refractivity contribution in [2.45, 2.75) is 6.54 Å². The van der Waals surface area contributed by atoms with Gasteiger partial charge in [-0.2, -0.15) is 0 Å². The van der Waals surface area contributed by atoms with Crippen LogP contribution in [-0.4, -0.2) is 4.57 Å². The van der Waals surface area contributed by atoms with Crippen LogP contribution in [0.4, 0.5) is 14.5 Å². The van der Waals surface area contributed by atoms with Crippen molar-refractivity contribution in [3.8, 4) is 0 Å². The van der Waals surface area contributed by atoms with E-state index in [4.69, 9.17) is 0 Å². The number of hydrogen-bond donors (Lipinski definition) is 2. The number of hydrazine groups is 1. The van der Waals surface area contributed by atoms with Crippen LogP contribution in [0.5, 0.6) is 0 Å². The monoisotopic (exact) mass is 287 g/mol. The average Bonchev–Trinajstić information content (AvgIpc) is 2.85. The maximum Gasteiger partial charge on any atom is 0.140 e. The largest absolute Gasteiger partial charge is 0.350 e. The molecule has 0 spiro atoms. The first-order chi connectivity index (χ1) is 10.2. The van der Waals surface area contributed by atoms with Gasteiger partial charge in [-0.15, -0.1) is 0 Å². The number of fused-ring (bicyclic) bond motifs is 1. The Balaban J connectivity index is 1.81. The second-order valence-electron chi connectivity index (χ2n) is 4.85. The molecule has 1 heterocycles. The summed E-state index contributed by atoms with van der Waals surface area (Å²) in [5.74, 6) is -1.07. The van der Waals surface area contributed by atoms with Gasteiger partial charge in [0.2, 0.25) is 0 Å². The van der Waals surface area contributed by atoms with Crippen LogP contribution in [0, 0.1) is 11.6 Å². The standard InChI is InChI=1S/C16H15F2N3/c1-21-8-7-12-15(21)9-14(17)13(16(12)18)10-19-20-11-5-3-2-4-6-11/h2-9,19-20H,10H2,1H3. The van der Waals surface area contributed by atoms with Crippen molar-refractivity contribution in [3.05, 3.63) is 65.9 Å². The van der Waals surface area contributed by atoms with Crippen molar-refractivity contribution >= 4 is 16.6 Å². The lowest BCUT2D eigenvalue weighted by Crippen LogP contribution is -2.22. The third-order valence-corrected chi connectivity index (χ3v) is 3.45. The number of para-hydroxylation sites is 1. The summed E-state index contributed by atoms with van der Waals surface area (Å²) in [5.41, 5.74) is 7.15. The number of rotatable bonds is 4. The summed E-state index contributed by atoms with van der Waals surface area (Å²) in [5, 5.41) is 0.426. The molecule has 5 heteroatoms. The van der Waals surface area contributed by atoms with Crippen molar-refractivity contribution in [1.82, 2.24) is 9.99 Å². The van der Waals surface area contributed by atoms with Crippen molar-refractivity contribution < 1.29 is 8.78 Å². The molecule has 1 aromatic heterocycles. The van der Waals surface area contributed by atoms with Crippen LogP contribution in [0.25, 0.3) is 10.9 Å². The van der Waals surface area contributed by atoms with E-state index in [9.17, 15) is 8.78 Å². The first kappa shape index (κ1) is 13.6. The van der Waals surface area contributed by atoms with Gasteiger partial charge < -0.3 is 9.99 Å². The van der Waals surface area contributed by atoms with Gasteiger partial charge in [-0.25, -0.2) is 14.2 Å². The molecule has 21 heavy (non-hydrogen) atoms. The summed E-state index contributed by atoms with van der Waals surface area (Å²) in [4.78, 5) is 0. The van der Waals surface area contributed by atoms with E-state index in [0.29, 0.717) is 10.9 Å². The summed E-state index contributed by atoms with van der Waals surface area (Å²) in [6, 6.07) is 12.4. The van der Waals surface area contributed by atoms with E-state index < -0.39 is 11.6 Å². The summed E-state index contributed by atoms with van der Waals surface area (Å²) in [7, 11) is 1.76. The highest BCUT2D eigenvalue weighted by Gasteiger charge is 2.15. The molecule has 0 fully saturated rings. The molecule has 3 nitrogen and oxygen atoms in total. The number of nitrogens with zero attached hydrogens (tertiary/aromatic N) is 1. The van der Waals surface area contributed by atoms with E-state index in [0.717, 1.165) is 5.69 Å². The highest BCUT2D eigenvalue weighted by Crippen LogP contribution is 2.24. The number of anilines is 1.